The summed E-state index contributed by atoms with van der Waals surface area (Å²) in [6.45, 7) is 3.78. The molecule has 20 heavy (non-hydrogen) atoms. The van der Waals surface area contributed by atoms with E-state index in [-0.39, 0.29) is 11.9 Å². The second-order valence-corrected chi connectivity index (χ2v) is 4.62. The first-order chi connectivity index (χ1) is 9.61. The van der Waals surface area contributed by atoms with Gasteiger partial charge in [0.15, 0.2) is 0 Å². The number of nitrogens with one attached hydrogen (secondary N) is 2. The summed E-state index contributed by atoms with van der Waals surface area (Å²) in [5.74, 6) is 5.22. The second-order valence-electron chi connectivity index (χ2n) is 4.62. The number of amides is 1. The Bertz CT molecular complexity index is 598. The number of hydrogen-bond acceptors (Lipinski definition) is 4. The molecule has 1 heterocycles. The third-order valence-corrected chi connectivity index (χ3v) is 3.12. The highest BCUT2D eigenvalue weighted by Gasteiger charge is 2.14. The van der Waals surface area contributed by atoms with Gasteiger partial charge < -0.3 is 10.7 Å². The molecular formula is C15H18N4O. The molecule has 0 saturated carbocycles. The lowest BCUT2D eigenvalue weighted by Gasteiger charge is -2.14. The van der Waals surface area contributed by atoms with Crippen LogP contribution in [0.2, 0.25) is 0 Å². The highest BCUT2D eigenvalue weighted by Crippen LogP contribution is 2.16. The van der Waals surface area contributed by atoms with Crippen LogP contribution in [0, 0.1) is 6.92 Å². The van der Waals surface area contributed by atoms with Crippen LogP contribution in [0.1, 0.15) is 34.6 Å². The SMILES string of the molecule is Cc1cc(NN)ccc1C(=O)NC(C)c1ccccn1. The summed E-state index contributed by atoms with van der Waals surface area (Å²) in [6.07, 6.45) is 1.71. The standard InChI is InChI=1S/C15H18N4O/c1-10-9-12(19-16)6-7-13(10)15(20)18-11(2)14-5-3-4-8-17-14/h3-9,11,19H,16H2,1-2H3,(H,18,20). The van der Waals surface area contributed by atoms with Gasteiger partial charge in [0.25, 0.3) is 5.91 Å². The third kappa shape index (κ3) is 3.13. The molecule has 104 valence electrons. The van der Waals surface area contributed by atoms with Crippen molar-refractivity contribution in [3.63, 3.8) is 0 Å². The van der Waals surface area contributed by atoms with Crippen molar-refractivity contribution in [1.82, 2.24) is 10.3 Å². The number of carbonyl (C=O) groups excluding carboxylic acids is 1. The molecule has 5 nitrogen and oxygen atoms in total. The van der Waals surface area contributed by atoms with Crippen LogP contribution in [0.4, 0.5) is 5.69 Å². The van der Waals surface area contributed by atoms with Gasteiger partial charge in [0.05, 0.1) is 11.7 Å². The van der Waals surface area contributed by atoms with E-state index in [1.54, 1.807) is 18.3 Å². The summed E-state index contributed by atoms with van der Waals surface area (Å²) in [7, 11) is 0. The van der Waals surface area contributed by atoms with E-state index in [1.807, 2.05) is 38.1 Å². The van der Waals surface area contributed by atoms with Crippen LogP contribution in [-0.2, 0) is 0 Å². The molecule has 0 aliphatic carbocycles. The fraction of sp³-hybridized carbons (Fsp3) is 0.200. The zero-order valence-electron chi connectivity index (χ0n) is 11.6. The van der Waals surface area contributed by atoms with Gasteiger partial charge in [0.1, 0.15) is 0 Å². The molecule has 0 spiro atoms. The number of rotatable bonds is 4. The van der Waals surface area contributed by atoms with Gasteiger partial charge in [-0.15, -0.1) is 0 Å². The molecule has 5 heteroatoms. The van der Waals surface area contributed by atoms with Gasteiger partial charge in [-0.25, -0.2) is 0 Å². The number of anilines is 1. The van der Waals surface area contributed by atoms with Crippen molar-refractivity contribution in [3.05, 3.63) is 59.4 Å². The molecule has 0 aliphatic heterocycles. The summed E-state index contributed by atoms with van der Waals surface area (Å²) < 4.78 is 0. The third-order valence-electron chi connectivity index (χ3n) is 3.12. The summed E-state index contributed by atoms with van der Waals surface area (Å²) in [4.78, 5) is 16.5. The van der Waals surface area contributed by atoms with E-state index in [1.165, 1.54) is 0 Å². The monoisotopic (exact) mass is 270 g/mol. The Morgan fingerprint density at radius 2 is 2.10 bits per heavy atom. The molecule has 1 unspecified atom stereocenters. The number of aryl methyl sites for hydroxylation is 1. The average Bonchev–Trinajstić information content (AvgIpc) is 2.47. The van der Waals surface area contributed by atoms with Crippen molar-refractivity contribution in [2.24, 2.45) is 5.84 Å². The summed E-state index contributed by atoms with van der Waals surface area (Å²) in [5.41, 5.74) is 5.66. The van der Waals surface area contributed by atoms with Crippen molar-refractivity contribution in [1.29, 1.82) is 0 Å². The first kappa shape index (κ1) is 14.0. The smallest absolute Gasteiger partial charge is 0.252 e. The van der Waals surface area contributed by atoms with Crippen LogP contribution in [0.5, 0.6) is 0 Å². The van der Waals surface area contributed by atoms with E-state index in [2.05, 4.69) is 15.7 Å². The number of benzene rings is 1. The Balaban J connectivity index is 2.12. The Labute approximate surface area is 118 Å². The molecule has 0 aliphatic rings. The fourth-order valence-corrected chi connectivity index (χ4v) is 1.99. The lowest BCUT2D eigenvalue weighted by Crippen LogP contribution is -2.27. The van der Waals surface area contributed by atoms with Crippen LogP contribution in [-0.4, -0.2) is 10.9 Å². The minimum atomic E-state index is -0.143. The highest BCUT2D eigenvalue weighted by atomic mass is 16.1. The Morgan fingerprint density at radius 3 is 2.70 bits per heavy atom. The van der Waals surface area contributed by atoms with Crippen molar-refractivity contribution < 1.29 is 4.79 Å². The minimum Gasteiger partial charge on any atom is -0.344 e. The van der Waals surface area contributed by atoms with E-state index in [0.717, 1.165) is 16.9 Å². The Kier molecular flexibility index (Phi) is 4.32. The second kappa shape index (κ2) is 6.16. The van der Waals surface area contributed by atoms with Crippen LogP contribution < -0.4 is 16.6 Å². The predicted molar refractivity (Wildman–Crippen MR) is 79.1 cm³/mol. The summed E-state index contributed by atoms with van der Waals surface area (Å²) >= 11 is 0. The number of pyridine rings is 1. The Morgan fingerprint density at radius 1 is 1.30 bits per heavy atom. The van der Waals surface area contributed by atoms with Gasteiger partial charge >= 0.3 is 0 Å². The zero-order chi connectivity index (χ0) is 14.5. The molecule has 0 bridgehead atoms. The molecule has 4 N–H and O–H groups in total. The van der Waals surface area contributed by atoms with Crippen molar-refractivity contribution in [2.75, 3.05) is 5.43 Å². The lowest BCUT2D eigenvalue weighted by atomic mass is 10.1. The number of hydrogen-bond donors (Lipinski definition) is 3. The normalized spacial score (nSPS) is 11.8. The van der Waals surface area contributed by atoms with Crippen LogP contribution in [0.3, 0.4) is 0 Å². The number of carbonyl (C=O) groups is 1. The van der Waals surface area contributed by atoms with E-state index in [0.29, 0.717) is 5.56 Å². The van der Waals surface area contributed by atoms with Gasteiger partial charge in [0.2, 0.25) is 0 Å². The van der Waals surface area contributed by atoms with Gasteiger partial charge in [0, 0.05) is 17.4 Å². The maximum atomic E-state index is 12.3. The topological polar surface area (TPSA) is 80.0 Å². The molecule has 1 aromatic heterocycles. The predicted octanol–water partition coefficient (Wildman–Crippen LogP) is 2.17. The largest absolute Gasteiger partial charge is 0.344 e. The number of aromatic nitrogens is 1. The average molecular weight is 270 g/mol. The van der Waals surface area contributed by atoms with Crippen LogP contribution >= 0.6 is 0 Å². The Hall–Kier alpha value is -2.40. The van der Waals surface area contributed by atoms with Gasteiger partial charge in [-0.05, 0) is 49.7 Å². The maximum absolute atomic E-state index is 12.3. The van der Waals surface area contributed by atoms with Crippen LogP contribution in [0.25, 0.3) is 0 Å². The number of nitrogen functional groups attached to an aromatic ring is 1. The van der Waals surface area contributed by atoms with Gasteiger partial charge in [-0.3, -0.25) is 15.6 Å². The molecule has 1 aromatic carbocycles. The minimum absolute atomic E-state index is 0.121. The van der Waals surface area contributed by atoms with E-state index < -0.39 is 0 Å². The van der Waals surface area contributed by atoms with E-state index in [9.17, 15) is 4.79 Å². The number of nitrogens with zero attached hydrogens (tertiary/aromatic N) is 1. The van der Waals surface area contributed by atoms with Crippen molar-refractivity contribution in [2.45, 2.75) is 19.9 Å². The molecule has 2 aromatic rings. The molecule has 1 atom stereocenters. The molecule has 0 fully saturated rings. The first-order valence-corrected chi connectivity index (χ1v) is 6.41. The number of nitrogens with two attached hydrogens (primary N) is 1. The summed E-state index contributed by atoms with van der Waals surface area (Å²) in [5, 5.41) is 2.94. The quantitative estimate of drug-likeness (QED) is 0.587. The molecule has 1 amide bonds. The molecule has 2 rings (SSSR count). The fourth-order valence-electron chi connectivity index (χ4n) is 1.99. The molecule has 0 radical (unpaired) electrons. The number of hydrazine groups is 1. The maximum Gasteiger partial charge on any atom is 0.252 e. The zero-order valence-corrected chi connectivity index (χ0v) is 11.6. The lowest BCUT2D eigenvalue weighted by molar-refractivity contribution is 0.0938. The summed E-state index contributed by atoms with van der Waals surface area (Å²) in [6, 6.07) is 10.9. The van der Waals surface area contributed by atoms with E-state index in [4.69, 9.17) is 5.84 Å². The first-order valence-electron chi connectivity index (χ1n) is 6.41. The van der Waals surface area contributed by atoms with E-state index >= 15 is 0 Å². The van der Waals surface area contributed by atoms with Crippen molar-refractivity contribution >= 4 is 11.6 Å². The highest BCUT2D eigenvalue weighted by molar-refractivity contribution is 5.96. The van der Waals surface area contributed by atoms with Crippen LogP contribution in [0.15, 0.2) is 42.6 Å². The van der Waals surface area contributed by atoms with Gasteiger partial charge in [-0.2, -0.15) is 0 Å². The molecular weight excluding hydrogens is 252 g/mol. The van der Waals surface area contributed by atoms with Crippen molar-refractivity contribution in [3.8, 4) is 0 Å². The molecule has 0 saturated heterocycles. The van der Waals surface area contributed by atoms with Gasteiger partial charge in [-0.1, -0.05) is 6.07 Å².